The minimum absolute atomic E-state index is 0.0404. The molecule has 14 heavy (non-hydrogen) atoms. The molecule has 78 valence electrons. The van der Waals surface area contributed by atoms with Gasteiger partial charge < -0.3 is 4.98 Å². The summed E-state index contributed by atoms with van der Waals surface area (Å²) in [4.78, 5) is 14.2. The Hall–Kier alpha value is -0.990. The Morgan fingerprint density at radius 2 is 2.36 bits per heavy atom. The van der Waals surface area contributed by atoms with Crippen LogP contribution in [0.25, 0.3) is 0 Å². The Labute approximate surface area is 84.1 Å². The number of aromatic nitrogens is 2. The quantitative estimate of drug-likeness (QED) is 0.769. The van der Waals surface area contributed by atoms with Crippen molar-refractivity contribution in [3.05, 3.63) is 22.9 Å². The van der Waals surface area contributed by atoms with E-state index in [4.69, 9.17) is 0 Å². The highest BCUT2D eigenvalue weighted by Gasteiger charge is 2.33. The second kappa shape index (κ2) is 3.64. The maximum Gasteiger partial charge on any atom is 0.325 e. The van der Waals surface area contributed by atoms with Crippen molar-refractivity contribution in [3.63, 3.8) is 0 Å². The number of nitrogens with zero attached hydrogens (tertiary/aromatic N) is 1. The Bertz CT molecular complexity index is 352. The van der Waals surface area contributed by atoms with Crippen LogP contribution in [0.2, 0.25) is 0 Å². The highest BCUT2D eigenvalue weighted by molar-refractivity contribution is 4.90. The van der Waals surface area contributed by atoms with Crippen molar-refractivity contribution in [1.82, 2.24) is 9.55 Å². The van der Waals surface area contributed by atoms with Crippen molar-refractivity contribution in [3.8, 4) is 0 Å². The normalized spacial score (nSPS) is 32.3. The molecule has 1 saturated carbocycles. The SMILES string of the molecule is CCC1CCC(n2cc[nH]c2=O)C1C. The molecular formula is C11H18N2O. The van der Waals surface area contributed by atoms with Gasteiger partial charge in [0.15, 0.2) is 0 Å². The molecular weight excluding hydrogens is 176 g/mol. The number of rotatable bonds is 2. The van der Waals surface area contributed by atoms with E-state index in [0.29, 0.717) is 12.0 Å². The van der Waals surface area contributed by atoms with Gasteiger partial charge in [0.25, 0.3) is 0 Å². The number of H-pyrrole nitrogens is 1. The molecule has 2 rings (SSSR count). The molecule has 1 N–H and O–H groups in total. The maximum atomic E-state index is 11.5. The Morgan fingerprint density at radius 3 is 2.86 bits per heavy atom. The summed E-state index contributed by atoms with van der Waals surface area (Å²) < 4.78 is 1.86. The van der Waals surface area contributed by atoms with Gasteiger partial charge in [-0.2, -0.15) is 0 Å². The largest absolute Gasteiger partial charge is 0.325 e. The molecule has 1 aliphatic rings. The molecule has 3 atom stereocenters. The molecule has 1 aromatic rings. The van der Waals surface area contributed by atoms with Crippen LogP contribution in [0.4, 0.5) is 0 Å². The summed E-state index contributed by atoms with van der Waals surface area (Å²) in [6.45, 7) is 4.51. The summed E-state index contributed by atoms with van der Waals surface area (Å²) in [5, 5.41) is 0. The van der Waals surface area contributed by atoms with Crippen LogP contribution in [0.1, 0.15) is 39.2 Å². The van der Waals surface area contributed by atoms with Crippen LogP contribution in [0, 0.1) is 11.8 Å². The van der Waals surface area contributed by atoms with Gasteiger partial charge in [0.2, 0.25) is 0 Å². The minimum atomic E-state index is 0.0404. The third kappa shape index (κ3) is 1.41. The summed E-state index contributed by atoms with van der Waals surface area (Å²) in [7, 11) is 0. The van der Waals surface area contributed by atoms with Gasteiger partial charge >= 0.3 is 5.69 Å². The van der Waals surface area contributed by atoms with Crippen LogP contribution in [0.15, 0.2) is 17.2 Å². The van der Waals surface area contributed by atoms with E-state index in [0.717, 1.165) is 12.3 Å². The zero-order chi connectivity index (χ0) is 10.1. The lowest BCUT2D eigenvalue weighted by Crippen LogP contribution is -2.24. The third-order valence-corrected chi connectivity index (χ3v) is 3.74. The van der Waals surface area contributed by atoms with Crippen molar-refractivity contribution >= 4 is 0 Å². The lowest BCUT2D eigenvalue weighted by Gasteiger charge is -2.19. The van der Waals surface area contributed by atoms with Gasteiger partial charge in [0.1, 0.15) is 0 Å². The van der Waals surface area contributed by atoms with E-state index in [1.54, 1.807) is 6.20 Å². The molecule has 0 spiro atoms. The monoisotopic (exact) mass is 194 g/mol. The molecule has 0 aliphatic heterocycles. The standard InChI is InChI=1S/C11H18N2O/c1-3-9-4-5-10(8(9)2)13-7-6-12-11(13)14/h6-10H,3-5H2,1-2H3,(H,12,14). The Morgan fingerprint density at radius 1 is 1.57 bits per heavy atom. The predicted octanol–water partition coefficient (Wildman–Crippen LogP) is 2.17. The fraction of sp³-hybridized carbons (Fsp3) is 0.727. The van der Waals surface area contributed by atoms with Crippen molar-refractivity contribution in [2.24, 2.45) is 11.8 Å². The topological polar surface area (TPSA) is 37.8 Å². The lowest BCUT2D eigenvalue weighted by molar-refractivity contribution is 0.325. The van der Waals surface area contributed by atoms with E-state index in [2.05, 4.69) is 18.8 Å². The fourth-order valence-corrected chi connectivity index (χ4v) is 2.79. The van der Waals surface area contributed by atoms with Crippen molar-refractivity contribution < 1.29 is 0 Å². The number of imidazole rings is 1. The molecule has 1 heterocycles. The van der Waals surface area contributed by atoms with Crippen molar-refractivity contribution in [2.75, 3.05) is 0 Å². The van der Waals surface area contributed by atoms with Gasteiger partial charge in [0.05, 0.1) is 0 Å². The highest BCUT2D eigenvalue weighted by atomic mass is 16.1. The van der Waals surface area contributed by atoms with Gasteiger partial charge in [-0.1, -0.05) is 20.3 Å². The van der Waals surface area contributed by atoms with E-state index in [1.165, 1.54) is 12.8 Å². The smallest absolute Gasteiger partial charge is 0.313 e. The molecule has 0 aromatic carbocycles. The molecule has 1 aromatic heterocycles. The lowest BCUT2D eigenvalue weighted by atomic mass is 9.93. The first-order chi connectivity index (χ1) is 6.74. The predicted molar refractivity (Wildman–Crippen MR) is 56.3 cm³/mol. The van der Waals surface area contributed by atoms with E-state index in [9.17, 15) is 4.79 Å². The summed E-state index contributed by atoms with van der Waals surface area (Å²) in [5.74, 6) is 1.43. The van der Waals surface area contributed by atoms with Crippen LogP contribution in [0.5, 0.6) is 0 Å². The molecule has 3 nitrogen and oxygen atoms in total. The maximum absolute atomic E-state index is 11.5. The summed E-state index contributed by atoms with van der Waals surface area (Å²) in [6, 6.07) is 0.415. The fourth-order valence-electron chi connectivity index (χ4n) is 2.79. The Balaban J connectivity index is 2.22. The van der Waals surface area contributed by atoms with Crippen LogP contribution in [0.3, 0.4) is 0 Å². The van der Waals surface area contributed by atoms with Gasteiger partial charge in [-0.15, -0.1) is 0 Å². The summed E-state index contributed by atoms with van der Waals surface area (Å²) >= 11 is 0. The van der Waals surface area contributed by atoms with Crippen molar-refractivity contribution in [2.45, 2.75) is 39.2 Å². The number of aromatic amines is 1. The second-order valence-corrected chi connectivity index (χ2v) is 4.34. The van der Waals surface area contributed by atoms with E-state index in [1.807, 2.05) is 10.8 Å². The van der Waals surface area contributed by atoms with E-state index < -0.39 is 0 Å². The first-order valence-corrected chi connectivity index (χ1v) is 5.49. The molecule has 0 saturated heterocycles. The Kier molecular flexibility index (Phi) is 2.48. The summed E-state index contributed by atoms with van der Waals surface area (Å²) in [5.41, 5.74) is 0.0404. The first-order valence-electron chi connectivity index (χ1n) is 5.49. The van der Waals surface area contributed by atoms with E-state index in [-0.39, 0.29) is 5.69 Å². The summed E-state index contributed by atoms with van der Waals surface area (Å²) in [6.07, 6.45) is 7.25. The molecule has 1 aliphatic carbocycles. The molecule has 3 heteroatoms. The van der Waals surface area contributed by atoms with Crippen LogP contribution < -0.4 is 5.69 Å². The number of nitrogens with one attached hydrogen (secondary N) is 1. The third-order valence-electron chi connectivity index (χ3n) is 3.74. The molecule has 0 radical (unpaired) electrons. The molecule has 0 amide bonds. The van der Waals surface area contributed by atoms with Crippen LogP contribution in [-0.4, -0.2) is 9.55 Å². The van der Waals surface area contributed by atoms with Gasteiger partial charge in [-0.05, 0) is 24.7 Å². The second-order valence-electron chi connectivity index (χ2n) is 4.34. The average molecular weight is 194 g/mol. The molecule has 1 fully saturated rings. The van der Waals surface area contributed by atoms with E-state index >= 15 is 0 Å². The van der Waals surface area contributed by atoms with Crippen LogP contribution in [-0.2, 0) is 0 Å². The average Bonchev–Trinajstić information content (AvgIpc) is 2.72. The van der Waals surface area contributed by atoms with Crippen molar-refractivity contribution in [1.29, 1.82) is 0 Å². The molecule has 0 bridgehead atoms. The number of hydrogen-bond acceptors (Lipinski definition) is 1. The van der Waals surface area contributed by atoms with Gasteiger partial charge in [0, 0.05) is 18.4 Å². The molecule has 3 unspecified atom stereocenters. The number of hydrogen-bond donors (Lipinski definition) is 1. The van der Waals surface area contributed by atoms with Gasteiger partial charge in [-0.25, -0.2) is 4.79 Å². The first kappa shape index (κ1) is 9.56. The van der Waals surface area contributed by atoms with Crippen LogP contribution >= 0.6 is 0 Å². The zero-order valence-corrected chi connectivity index (χ0v) is 8.86. The zero-order valence-electron chi connectivity index (χ0n) is 8.86. The van der Waals surface area contributed by atoms with Gasteiger partial charge in [-0.3, -0.25) is 4.57 Å². The highest BCUT2D eigenvalue weighted by Crippen LogP contribution is 2.40. The minimum Gasteiger partial charge on any atom is -0.313 e.